The van der Waals surface area contributed by atoms with E-state index in [2.05, 4.69) is 22.0 Å². The van der Waals surface area contributed by atoms with Crippen LogP contribution in [-0.4, -0.2) is 29.7 Å². The second-order valence-corrected chi connectivity index (χ2v) is 9.49. The van der Waals surface area contributed by atoms with Crippen molar-refractivity contribution in [1.29, 1.82) is 5.26 Å². The molecule has 0 atom stereocenters. The van der Waals surface area contributed by atoms with E-state index in [0.717, 1.165) is 15.6 Å². The molecule has 0 spiro atoms. The van der Waals surface area contributed by atoms with E-state index >= 15 is 0 Å². The number of amides is 1. The number of nitriles is 1. The fourth-order valence-corrected chi connectivity index (χ4v) is 3.94. The van der Waals surface area contributed by atoms with Crippen molar-refractivity contribution < 1.29 is 14.3 Å². The Labute approximate surface area is 186 Å². The van der Waals surface area contributed by atoms with E-state index in [-0.39, 0.29) is 6.09 Å². The van der Waals surface area contributed by atoms with Crippen LogP contribution in [0.25, 0.3) is 0 Å². The topological polar surface area (TPSA) is 62.6 Å². The van der Waals surface area contributed by atoms with E-state index in [1.54, 1.807) is 4.90 Å². The minimum atomic E-state index is -0.714. The number of nitrogens with zero attached hydrogens (tertiary/aromatic N) is 2. The molecular formula is C24H27BrN2O3. The maximum atomic E-state index is 12.4. The lowest BCUT2D eigenvalue weighted by molar-refractivity contribution is 0.0184. The Morgan fingerprint density at radius 2 is 1.83 bits per heavy atom. The normalized spacial score (nSPS) is 15.9. The Kier molecular flexibility index (Phi) is 6.72. The zero-order chi connectivity index (χ0) is 21.8. The molecule has 0 aliphatic carbocycles. The second kappa shape index (κ2) is 9.09. The van der Waals surface area contributed by atoms with Gasteiger partial charge >= 0.3 is 6.09 Å². The highest BCUT2D eigenvalue weighted by Gasteiger charge is 2.40. The summed E-state index contributed by atoms with van der Waals surface area (Å²) in [6, 6.07) is 18.3. The van der Waals surface area contributed by atoms with Crippen LogP contribution in [0.3, 0.4) is 0 Å². The lowest BCUT2D eigenvalue weighted by Gasteiger charge is -2.38. The van der Waals surface area contributed by atoms with Gasteiger partial charge in [0.1, 0.15) is 18.0 Å². The Morgan fingerprint density at radius 1 is 1.17 bits per heavy atom. The largest absolute Gasteiger partial charge is 0.489 e. The third-order valence-electron chi connectivity index (χ3n) is 5.18. The number of benzene rings is 2. The van der Waals surface area contributed by atoms with Crippen molar-refractivity contribution in [2.45, 2.75) is 51.2 Å². The van der Waals surface area contributed by atoms with Gasteiger partial charge in [-0.1, -0.05) is 46.3 Å². The standard InChI is InChI=1S/C24H27BrN2O3/c1-23(2,3)30-22(28)27-13-11-24(17-26,12-14-27)20-15-19(25)9-10-21(20)29-16-18-7-5-4-6-8-18/h4-10,15H,11-14,16H2,1-3H3. The molecule has 0 N–H and O–H groups in total. The number of piperidine rings is 1. The van der Waals surface area contributed by atoms with Crippen molar-refractivity contribution in [3.05, 3.63) is 64.1 Å². The fourth-order valence-electron chi connectivity index (χ4n) is 3.58. The van der Waals surface area contributed by atoms with Gasteiger partial charge in [-0.25, -0.2) is 4.79 Å². The average Bonchev–Trinajstić information content (AvgIpc) is 2.72. The summed E-state index contributed by atoms with van der Waals surface area (Å²) >= 11 is 3.53. The Morgan fingerprint density at radius 3 is 2.43 bits per heavy atom. The number of likely N-dealkylation sites (tertiary alicyclic amines) is 1. The maximum absolute atomic E-state index is 12.4. The quantitative estimate of drug-likeness (QED) is 0.564. The summed E-state index contributed by atoms with van der Waals surface area (Å²) in [4.78, 5) is 14.1. The first-order valence-corrected chi connectivity index (χ1v) is 10.9. The molecule has 1 aliphatic heterocycles. The average molecular weight is 471 g/mol. The lowest BCUT2D eigenvalue weighted by atomic mass is 9.73. The molecule has 0 radical (unpaired) electrons. The highest BCUT2D eigenvalue weighted by Crippen LogP contribution is 2.41. The molecule has 0 bridgehead atoms. The van der Waals surface area contributed by atoms with E-state index in [4.69, 9.17) is 9.47 Å². The fraction of sp³-hybridized carbons (Fsp3) is 0.417. The van der Waals surface area contributed by atoms with E-state index in [1.807, 2.05) is 69.3 Å². The predicted molar refractivity (Wildman–Crippen MR) is 119 cm³/mol. The van der Waals surface area contributed by atoms with Crippen LogP contribution in [-0.2, 0) is 16.8 Å². The number of rotatable bonds is 4. The van der Waals surface area contributed by atoms with Crippen molar-refractivity contribution in [2.75, 3.05) is 13.1 Å². The van der Waals surface area contributed by atoms with Crippen LogP contribution >= 0.6 is 15.9 Å². The van der Waals surface area contributed by atoms with Crippen LogP contribution in [0.2, 0.25) is 0 Å². The van der Waals surface area contributed by atoms with Crippen LogP contribution in [0.15, 0.2) is 53.0 Å². The number of ether oxygens (including phenoxy) is 2. The van der Waals surface area contributed by atoms with Gasteiger partial charge in [-0.3, -0.25) is 0 Å². The summed E-state index contributed by atoms with van der Waals surface area (Å²) < 4.78 is 12.5. The predicted octanol–water partition coefficient (Wildman–Crippen LogP) is 5.82. The first-order chi connectivity index (χ1) is 14.2. The van der Waals surface area contributed by atoms with Crippen LogP contribution in [0.1, 0.15) is 44.7 Å². The number of carbonyl (C=O) groups is 1. The number of carbonyl (C=O) groups excluding carboxylic acids is 1. The molecule has 2 aromatic carbocycles. The monoisotopic (exact) mass is 470 g/mol. The molecule has 0 saturated carbocycles. The van der Waals surface area contributed by atoms with Crippen LogP contribution in [0.4, 0.5) is 4.79 Å². The molecule has 30 heavy (non-hydrogen) atoms. The Bertz CT molecular complexity index is 924. The first kappa shape index (κ1) is 22.2. The summed E-state index contributed by atoms with van der Waals surface area (Å²) in [7, 11) is 0. The zero-order valence-corrected chi connectivity index (χ0v) is 19.2. The Balaban J connectivity index is 1.79. The van der Waals surface area contributed by atoms with Gasteiger partial charge in [-0.15, -0.1) is 0 Å². The smallest absolute Gasteiger partial charge is 0.410 e. The molecule has 5 nitrogen and oxygen atoms in total. The van der Waals surface area contributed by atoms with E-state index in [1.165, 1.54) is 0 Å². The summed E-state index contributed by atoms with van der Waals surface area (Å²) in [6.07, 6.45) is 0.728. The van der Waals surface area contributed by atoms with Crippen molar-refractivity contribution in [1.82, 2.24) is 4.90 Å². The molecule has 2 aromatic rings. The zero-order valence-electron chi connectivity index (χ0n) is 17.7. The van der Waals surface area contributed by atoms with E-state index in [9.17, 15) is 10.1 Å². The van der Waals surface area contributed by atoms with Gasteiger partial charge in [-0.2, -0.15) is 5.26 Å². The van der Waals surface area contributed by atoms with Gasteiger partial charge < -0.3 is 14.4 Å². The SMILES string of the molecule is CC(C)(C)OC(=O)N1CCC(C#N)(c2cc(Br)ccc2OCc2ccccc2)CC1. The number of halogens is 1. The third kappa shape index (κ3) is 5.34. The van der Waals surface area contributed by atoms with Crippen molar-refractivity contribution in [3.8, 4) is 11.8 Å². The van der Waals surface area contributed by atoms with E-state index in [0.29, 0.717) is 38.3 Å². The molecule has 0 aromatic heterocycles. The lowest BCUT2D eigenvalue weighted by Crippen LogP contribution is -2.46. The minimum Gasteiger partial charge on any atom is -0.489 e. The van der Waals surface area contributed by atoms with Gasteiger partial charge in [0.2, 0.25) is 0 Å². The summed E-state index contributed by atoms with van der Waals surface area (Å²) in [5.74, 6) is 0.703. The maximum Gasteiger partial charge on any atom is 0.410 e. The molecule has 3 rings (SSSR count). The molecule has 1 fully saturated rings. The number of hydrogen-bond acceptors (Lipinski definition) is 4. The molecule has 1 amide bonds. The third-order valence-corrected chi connectivity index (χ3v) is 5.67. The van der Waals surface area contributed by atoms with Crippen molar-refractivity contribution in [2.24, 2.45) is 0 Å². The van der Waals surface area contributed by atoms with Gasteiger partial charge in [0.05, 0.1) is 11.5 Å². The molecule has 0 unspecified atom stereocenters. The molecule has 158 valence electrons. The summed E-state index contributed by atoms with van der Waals surface area (Å²) in [5.41, 5.74) is 0.675. The van der Waals surface area contributed by atoms with Gasteiger partial charge in [0, 0.05) is 23.1 Å². The van der Waals surface area contributed by atoms with Crippen LogP contribution < -0.4 is 4.74 Å². The van der Waals surface area contributed by atoms with E-state index < -0.39 is 11.0 Å². The molecule has 1 saturated heterocycles. The van der Waals surface area contributed by atoms with Crippen molar-refractivity contribution in [3.63, 3.8) is 0 Å². The first-order valence-electron chi connectivity index (χ1n) is 10.1. The molecule has 6 heteroatoms. The molecule has 1 aliphatic rings. The van der Waals surface area contributed by atoms with Crippen molar-refractivity contribution >= 4 is 22.0 Å². The van der Waals surface area contributed by atoms with Gasteiger partial charge in [0.25, 0.3) is 0 Å². The van der Waals surface area contributed by atoms with Gasteiger partial charge in [-0.05, 0) is 57.4 Å². The summed E-state index contributed by atoms with van der Waals surface area (Å²) in [6.45, 7) is 6.92. The molecule has 1 heterocycles. The van der Waals surface area contributed by atoms with Crippen LogP contribution in [0, 0.1) is 11.3 Å². The number of hydrogen-bond donors (Lipinski definition) is 0. The van der Waals surface area contributed by atoms with Crippen LogP contribution in [0.5, 0.6) is 5.75 Å². The molecular weight excluding hydrogens is 444 g/mol. The Hall–Kier alpha value is -2.52. The minimum absolute atomic E-state index is 0.330. The highest BCUT2D eigenvalue weighted by molar-refractivity contribution is 9.10. The highest BCUT2D eigenvalue weighted by atomic mass is 79.9. The van der Waals surface area contributed by atoms with Gasteiger partial charge in [0.15, 0.2) is 0 Å². The summed E-state index contributed by atoms with van der Waals surface area (Å²) in [5, 5.41) is 10.2. The second-order valence-electron chi connectivity index (χ2n) is 8.58.